The summed E-state index contributed by atoms with van der Waals surface area (Å²) < 4.78 is 5.21. The SMILES string of the molecule is C#Cc1cc(OCC)ccn1. The van der Waals surface area contributed by atoms with E-state index < -0.39 is 0 Å². The third-order valence-electron chi connectivity index (χ3n) is 1.19. The summed E-state index contributed by atoms with van der Waals surface area (Å²) in [4.78, 5) is 3.92. The standard InChI is InChI=1S/C9H9NO/c1-3-8-7-9(11-4-2)5-6-10-8/h1,5-7H,4H2,2H3. The van der Waals surface area contributed by atoms with Crippen molar-refractivity contribution in [2.24, 2.45) is 0 Å². The van der Waals surface area contributed by atoms with Crippen LogP contribution in [0.2, 0.25) is 0 Å². The normalized spacial score (nSPS) is 8.73. The van der Waals surface area contributed by atoms with Crippen molar-refractivity contribution in [1.82, 2.24) is 4.98 Å². The van der Waals surface area contributed by atoms with Gasteiger partial charge in [-0.25, -0.2) is 4.98 Å². The Morgan fingerprint density at radius 1 is 1.73 bits per heavy atom. The minimum Gasteiger partial charge on any atom is -0.494 e. The molecule has 11 heavy (non-hydrogen) atoms. The molecule has 0 unspecified atom stereocenters. The summed E-state index contributed by atoms with van der Waals surface area (Å²) in [6.07, 6.45) is 6.79. The monoisotopic (exact) mass is 147 g/mol. The maximum absolute atomic E-state index is 5.21. The molecular formula is C9H9NO. The molecule has 0 atom stereocenters. The first-order chi connectivity index (χ1) is 5.36. The highest BCUT2D eigenvalue weighted by Gasteiger charge is 1.92. The molecule has 0 fully saturated rings. The molecule has 0 aromatic carbocycles. The molecule has 0 saturated carbocycles. The third kappa shape index (κ3) is 1.98. The van der Waals surface area contributed by atoms with Gasteiger partial charge in [-0.05, 0) is 13.0 Å². The zero-order valence-electron chi connectivity index (χ0n) is 6.37. The lowest BCUT2D eigenvalue weighted by Gasteiger charge is -2.00. The first-order valence-corrected chi connectivity index (χ1v) is 3.42. The fourth-order valence-corrected chi connectivity index (χ4v) is 0.747. The zero-order chi connectivity index (χ0) is 8.10. The average molecular weight is 147 g/mol. The highest BCUT2D eigenvalue weighted by molar-refractivity contribution is 5.31. The number of terminal acetylenes is 1. The van der Waals surface area contributed by atoms with E-state index in [1.807, 2.05) is 6.92 Å². The van der Waals surface area contributed by atoms with Crippen LogP contribution >= 0.6 is 0 Å². The molecule has 2 nitrogen and oxygen atoms in total. The molecule has 0 bridgehead atoms. The molecule has 0 aliphatic rings. The summed E-state index contributed by atoms with van der Waals surface area (Å²) in [7, 11) is 0. The fourth-order valence-electron chi connectivity index (χ4n) is 0.747. The van der Waals surface area contributed by atoms with Crippen molar-refractivity contribution in [3.8, 4) is 18.1 Å². The molecule has 0 radical (unpaired) electrons. The Morgan fingerprint density at radius 3 is 3.18 bits per heavy atom. The number of pyridine rings is 1. The van der Waals surface area contributed by atoms with E-state index in [1.165, 1.54) is 0 Å². The van der Waals surface area contributed by atoms with E-state index in [-0.39, 0.29) is 0 Å². The molecule has 2 heteroatoms. The van der Waals surface area contributed by atoms with E-state index in [1.54, 1.807) is 18.3 Å². The van der Waals surface area contributed by atoms with E-state index in [2.05, 4.69) is 10.9 Å². The van der Waals surface area contributed by atoms with Gasteiger partial charge in [-0.15, -0.1) is 6.42 Å². The van der Waals surface area contributed by atoms with E-state index in [0.29, 0.717) is 12.3 Å². The molecule has 0 amide bonds. The van der Waals surface area contributed by atoms with Crippen molar-refractivity contribution in [2.45, 2.75) is 6.92 Å². The van der Waals surface area contributed by atoms with Gasteiger partial charge in [-0.2, -0.15) is 0 Å². The largest absolute Gasteiger partial charge is 0.494 e. The van der Waals surface area contributed by atoms with Crippen molar-refractivity contribution in [2.75, 3.05) is 6.61 Å². The third-order valence-corrected chi connectivity index (χ3v) is 1.19. The number of rotatable bonds is 2. The first kappa shape index (κ1) is 7.62. The van der Waals surface area contributed by atoms with Crippen LogP contribution in [0.4, 0.5) is 0 Å². The summed E-state index contributed by atoms with van der Waals surface area (Å²) >= 11 is 0. The van der Waals surface area contributed by atoms with Gasteiger partial charge < -0.3 is 4.74 Å². The number of hydrogen-bond acceptors (Lipinski definition) is 2. The molecule has 1 rings (SSSR count). The van der Waals surface area contributed by atoms with Crippen molar-refractivity contribution in [1.29, 1.82) is 0 Å². The van der Waals surface area contributed by atoms with Crippen molar-refractivity contribution < 1.29 is 4.74 Å². The van der Waals surface area contributed by atoms with Crippen LogP contribution in [0.3, 0.4) is 0 Å². The summed E-state index contributed by atoms with van der Waals surface area (Å²) in [5.74, 6) is 3.21. The summed E-state index contributed by atoms with van der Waals surface area (Å²) in [5, 5.41) is 0. The van der Waals surface area contributed by atoms with Gasteiger partial charge in [0.15, 0.2) is 0 Å². The van der Waals surface area contributed by atoms with Crippen LogP contribution in [-0.2, 0) is 0 Å². The van der Waals surface area contributed by atoms with Crippen LogP contribution in [0.25, 0.3) is 0 Å². The quantitative estimate of drug-likeness (QED) is 0.591. The lowest BCUT2D eigenvalue weighted by Crippen LogP contribution is -1.92. The van der Waals surface area contributed by atoms with E-state index >= 15 is 0 Å². The van der Waals surface area contributed by atoms with E-state index in [0.717, 1.165) is 5.75 Å². The van der Waals surface area contributed by atoms with Crippen LogP contribution in [0.15, 0.2) is 18.3 Å². The Morgan fingerprint density at radius 2 is 2.55 bits per heavy atom. The molecule has 56 valence electrons. The molecule has 0 aliphatic carbocycles. The maximum Gasteiger partial charge on any atom is 0.123 e. The van der Waals surface area contributed by atoms with Crippen molar-refractivity contribution in [3.05, 3.63) is 24.0 Å². The molecule has 0 saturated heterocycles. The van der Waals surface area contributed by atoms with Gasteiger partial charge >= 0.3 is 0 Å². The predicted molar refractivity (Wildman–Crippen MR) is 43.3 cm³/mol. The fraction of sp³-hybridized carbons (Fsp3) is 0.222. The lowest BCUT2D eigenvalue weighted by atomic mass is 10.3. The Kier molecular flexibility index (Phi) is 2.51. The van der Waals surface area contributed by atoms with Gasteiger partial charge in [0.2, 0.25) is 0 Å². The van der Waals surface area contributed by atoms with Crippen LogP contribution in [0.5, 0.6) is 5.75 Å². The van der Waals surface area contributed by atoms with E-state index in [4.69, 9.17) is 11.2 Å². The van der Waals surface area contributed by atoms with Crippen LogP contribution in [0.1, 0.15) is 12.6 Å². The van der Waals surface area contributed by atoms with Gasteiger partial charge in [0.05, 0.1) is 6.61 Å². The Labute approximate surface area is 66.2 Å². The van der Waals surface area contributed by atoms with E-state index in [9.17, 15) is 0 Å². The predicted octanol–water partition coefficient (Wildman–Crippen LogP) is 1.46. The lowest BCUT2D eigenvalue weighted by molar-refractivity contribution is 0.340. The van der Waals surface area contributed by atoms with Gasteiger partial charge in [-0.3, -0.25) is 0 Å². The number of aromatic nitrogens is 1. The van der Waals surface area contributed by atoms with Gasteiger partial charge in [0.25, 0.3) is 0 Å². The van der Waals surface area contributed by atoms with Crippen LogP contribution in [0, 0.1) is 12.3 Å². The minimum absolute atomic E-state index is 0.607. The van der Waals surface area contributed by atoms with Crippen LogP contribution < -0.4 is 4.74 Å². The van der Waals surface area contributed by atoms with Gasteiger partial charge in [-0.1, -0.05) is 5.92 Å². The number of nitrogens with zero attached hydrogens (tertiary/aromatic N) is 1. The molecular weight excluding hydrogens is 138 g/mol. The van der Waals surface area contributed by atoms with Gasteiger partial charge in [0.1, 0.15) is 11.4 Å². The average Bonchev–Trinajstić information content (AvgIpc) is 2.06. The number of ether oxygens (including phenoxy) is 1. The first-order valence-electron chi connectivity index (χ1n) is 3.42. The molecule has 0 spiro atoms. The Bertz CT molecular complexity index is 275. The topological polar surface area (TPSA) is 22.1 Å². The highest BCUT2D eigenvalue weighted by Crippen LogP contribution is 2.09. The number of hydrogen-bond donors (Lipinski definition) is 0. The molecule has 1 aromatic heterocycles. The molecule has 0 N–H and O–H groups in total. The second-order valence-electron chi connectivity index (χ2n) is 1.95. The maximum atomic E-state index is 5.21. The Balaban J connectivity index is 2.85. The Hall–Kier alpha value is -1.49. The van der Waals surface area contributed by atoms with Crippen molar-refractivity contribution >= 4 is 0 Å². The van der Waals surface area contributed by atoms with Crippen LogP contribution in [-0.4, -0.2) is 11.6 Å². The molecule has 1 heterocycles. The second-order valence-corrected chi connectivity index (χ2v) is 1.95. The highest BCUT2D eigenvalue weighted by atomic mass is 16.5. The second kappa shape index (κ2) is 3.62. The summed E-state index contributed by atoms with van der Waals surface area (Å²) in [6.45, 7) is 2.57. The van der Waals surface area contributed by atoms with Gasteiger partial charge in [0, 0.05) is 12.3 Å². The smallest absolute Gasteiger partial charge is 0.123 e. The summed E-state index contributed by atoms with van der Waals surface area (Å²) in [5.41, 5.74) is 0.607. The molecule has 0 aliphatic heterocycles. The summed E-state index contributed by atoms with van der Waals surface area (Å²) in [6, 6.07) is 3.52. The molecule has 1 aromatic rings. The van der Waals surface area contributed by atoms with Crippen molar-refractivity contribution in [3.63, 3.8) is 0 Å². The minimum atomic E-state index is 0.607. The zero-order valence-corrected chi connectivity index (χ0v) is 6.37.